The van der Waals surface area contributed by atoms with Crippen molar-refractivity contribution in [3.05, 3.63) is 52.4 Å². The fourth-order valence-electron chi connectivity index (χ4n) is 3.52. The Hall–Kier alpha value is -3.10. The molecule has 1 amide bonds. The average molecular weight is 385 g/mol. The Morgan fingerprint density at radius 2 is 2.18 bits per heavy atom. The smallest absolute Gasteiger partial charge is 0.261 e. The Kier molecular flexibility index (Phi) is 4.89. The van der Waals surface area contributed by atoms with Crippen molar-refractivity contribution < 1.29 is 13.7 Å². The molecule has 0 saturated heterocycles. The number of nitrogens with one attached hydrogen (secondary N) is 1. The van der Waals surface area contributed by atoms with Gasteiger partial charge in [-0.15, -0.1) is 0 Å². The van der Waals surface area contributed by atoms with Crippen molar-refractivity contribution in [3.8, 4) is 0 Å². The van der Waals surface area contributed by atoms with Crippen LogP contribution in [0.3, 0.4) is 0 Å². The summed E-state index contributed by atoms with van der Waals surface area (Å²) in [5, 5.41) is 6.89. The zero-order valence-electron chi connectivity index (χ0n) is 15.4. The summed E-state index contributed by atoms with van der Waals surface area (Å²) in [5.41, 5.74) is -0.102. The number of benzene rings is 1. The topological polar surface area (TPSA) is 103 Å². The molecule has 1 atom stereocenters. The SMILES string of the molecule is C[C@@H](NC(=O)Cn1cnc2ccc(F)cc2c1=O)c1nc(C2CCCC2)no1. The van der Waals surface area contributed by atoms with E-state index in [2.05, 4.69) is 20.4 Å². The molecule has 0 aliphatic heterocycles. The lowest BCUT2D eigenvalue weighted by Crippen LogP contribution is -2.34. The highest BCUT2D eigenvalue weighted by molar-refractivity contribution is 5.79. The number of amides is 1. The third kappa shape index (κ3) is 3.64. The van der Waals surface area contributed by atoms with Gasteiger partial charge in [0.15, 0.2) is 5.82 Å². The summed E-state index contributed by atoms with van der Waals surface area (Å²) in [6.07, 6.45) is 5.71. The molecule has 2 aromatic heterocycles. The van der Waals surface area contributed by atoms with Gasteiger partial charge in [0, 0.05) is 5.92 Å². The monoisotopic (exact) mass is 385 g/mol. The number of hydrogen-bond acceptors (Lipinski definition) is 6. The second-order valence-corrected chi connectivity index (χ2v) is 7.10. The molecule has 146 valence electrons. The standard InChI is InChI=1S/C19H20FN5O3/c1-11(18-23-17(24-28-18)12-4-2-3-5-12)22-16(26)9-25-10-21-15-7-6-13(20)8-14(15)19(25)27/h6-8,10-12H,2-5,9H2,1H3,(H,22,26)/t11-/m1/s1. The first-order valence-electron chi connectivity index (χ1n) is 9.29. The van der Waals surface area contributed by atoms with Crippen molar-refractivity contribution in [1.82, 2.24) is 25.0 Å². The van der Waals surface area contributed by atoms with Crippen molar-refractivity contribution in [2.75, 3.05) is 0 Å². The van der Waals surface area contributed by atoms with Crippen LogP contribution in [-0.4, -0.2) is 25.6 Å². The highest BCUT2D eigenvalue weighted by Gasteiger charge is 2.24. The van der Waals surface area contributed by atoms with Crippen LogP contribution in [0.15, 0.2) is 33.8 Å². The largest absolute Gasteiger partial charge is 0.343 e. The summed E-state index contributed by atoms with van der Waals surface area (Å²) < 4.78 is 19.8. The minimum Gasteiger partial charge on any atom is -0.343 e. The van der Waals surface area contributed by atoms with Gasteiger partial charge in [-0.2, -0.15) is 4.98 Å². The molecule has 8 nitrogen and oxygen atoms in total. The van der Waals surface area contributed by atoms with E-state index in [1.54, 1.807) is 6.92 Å². The van der Waals surface area contributed by atoms with Crippen molar-refractivity contribution >= 4 is 16.8 Å². The first-order valence-corrected chi connectivity index (χ1v) is 9.29. The average Bonchev–Trinajstić information content (AvgIpc) is 3.35. The lowest BCUT2D eigenvalue weighted by molar-refractivity contribution is -0.122. The van der Waals surface area contributed by atoms with Crippen LogP contribution in [-0.2, 0) is 11.3 Å². The summed E-state index contributed by atoms with van der Waals surface area (Å²) in [6, 6.07) is 3.29. The van der Waals surface area contributed by atoms with Crippen LogP contribution in [0.25, 0.3) is 10.9 Å². The van der Waals surface area contributed by atoms with Gasteiger partial charge in [0.1, 0.15) is 18.4 Å². The van der Waals surface area contributed by atoms with Crippen LogP contribution >= 0.6 is 0 Å². The molecule has 0 unspecified atom stereocenters. The molecule has 3 aromatic rings. The van der Waals surface area contributed by atoms with Crippen LogP contribution in [0, 0.1) is 5.82 Å². The predicted octanol–water partition coefficient (Wildman–Crippen LogP) is 2.45. The van der Waals surface area contributed by atoms with E-state index in [-0.39, 0.29) is 11.9 Å². The minimum absolute atomic E-state index is 0.126. The van der Waals surface area contributed by atoms with E-state index >= 15 is 0 Å². The Labute approximate surface area is 159 Å². The number of nitrogens with zero attached hydrogens (tertiary/aromatic N) is 4. The van der Waals surface area contributed by atoms with Gasteiger partial charge in [0.25, 0.3) is 5.56 Å². The van der Waals surface area contributed by atoms with Crippen molar-refractivity contribution in [1.29, 1.82) is 0 Å². The van der Waals surface area contributed by atoms with Gasteiger partial charge in [-0.3, -0.25) is 14.2 Å². The maximum absolute atomic E-state index is 13.4. The molecule has 1 aromatic carbocycles. The molecule has 1 N–H and O–H groups in total. The fraction of sp³-hybridized carbons (Fsp3) is 0.421. The van der Waals surface area contributed by atoms with E-state index in [1.165, 1.54) is 31.3 Å². The van der Waals surface area contributed by atoms with Crippen molar-refractivity contribution in [2.24, 2.45) is 0 Å². The van der Waals surface area contributed by atoms with Crippen molar-refractivity contribution in [2.45, 2.75) is 51.1 Å². The van der Waals surface area contributed by atoms with Crippen LogP contribution in [0.4, 0.5) is 4.39 Å². The lowest BCUT2D eigenvalue weighted by atomic mass is 10.1. The molecule has 4 rings (SSSR count). The molecule has 0 bridgehead atoms. The van der Waals surface area contributed by atoms with Gasteiger partial charge in [0.2, 0.25) is 11.8 Å². The van der Waals surface area contributed by atoms with E-state index in [4.69, 9.17) is 4.52 Å². The van der Waals surface area contributed by atoms with Crippen LogP contribution in [0.1, 0.15) is 56.3 Å². The Balaban J connectivity index is 1.45. The number of aromatic nitrogens is 4. The van der Waals surface area contributed by atoms with Crippen LogP contribution < -0.4 is 10.9 Å². The quantitative estimate of drug-likeness (QED) is 0.724. The number of carbonyl (C=O) groups is 1. The second kappa shape index (κ2) is 7.49. The molecule has 1 aliphatic carbocycles. The molecular formula is C19H20FN5O3. The van der Waals surface area contributed by atoms with Gasteiger partial charge in [-0.1, -0.05) is 18.0 Å². The summed E-state index contributed by atoms with van der Waals surface area (Å²) >= 11 is 0. The minimum atomic E-state index is -0.531. The molecule has 2 heterocycles. The summed E-state index contributed by atoms with van der Waals surface area (Å²) in [5.74, 6) is 0.402. The Morgan fingerprint density at radius 3 is 2.96 bits per heavy atom. The first kappa shape index (κ1) is 18.3. The normalized spacial score (nSPS) is 15.8. The number of hydrogen-bond donors (Lipinski definition) is 1. The molecule has 0 radical (unpaired) electrons. The van der Waals surface area contributed by atoms with Crippen LogP contribution in [0.2, 0.25) is 0 Å². The van der Waals surface area contributed by atoms with Crippen LogP contribution in [0.5, 0.6) is 0 Å². The highest BCUT2D eigenvalue weighted by Crippen LogP contribution is 2.32. The number of carbonyl (C=O) groups excluding carboxylic acids is 1. The third-order valence-electron chi connectivity index (χ3n) is 5.03. The van der Waals surface area contributed by atoms with Crippen molar-refractivity contribution in [3.63, 3.8) is 0 Å². The molecule has 0 spiro atoms. The molecule has 1 aliphatic rings. The lowest BCUT2D eigenvalue weighted by Gasteiger charge is -2.11. The summed E-state index contributed by atoms with van der Waals surface area (Å²) in [7, 11) is 0. The van der Waals surface area contributed by atoms with E-state index < -0.39 is 23.3 Å². The maximum Gasteiger partial charge on any atom is 0.261 e. The Bertz CT molecular complexity index is 1070. The van der Waals surface area contributed by atoms with E-state index in [0.29, 0.717) is 23.1 Å². The summed E-state index contributed by atoms with van der Waals surface area (Å²) in [6.45, 7) is 1.49. The van der Waals surface area contributed by atoms with Gasteiger partial charge >= 0.3 is 0 Å². The summed E-state index contributed by atoms with van der Waals surface area (Å²) in [4.78, 5) is 33.3. The van der Waals surface area contributed by atoms with E-state index in [1.807, 2.05) is 0 Å². The zero-order valence-corrected chi connectivity index (χ0v) is 15.4. The highest BCUT2D eigenvalue weighted by atomic mass is 19.1. The van der Waals surface area contributed by atoms with Gasteiger partial charge in [0.05, 0.1) is 17.2 Å². The molecule has 9 heteroatoms. The van der Waals surface area contributed by atoms with Gasteiger partial charge in [-0.25, -0.2) is 9.37 Å². The molecule has 1 fully saturated rings. The van der Waals surface area contributed by atoms with Gasteiger partial charge in [-0.05, 0) is 38.0 Å². The number of rotatable bonds is 5. The van der Waals surface area contributed by atoms with E-state index in [0.717, 1.165) is 23.5 Å². The predicted molar refractivity (Wildman–Crippen MR) is 98.0 cm³/mol. The Morgan fingerprint density at radius 1 is 1.39 bits per heavy atom. The fourth-order valence-corrected chi connectivity index (χ4v) is 3.52. The molecule has 1 saturated carbocycles. The second-order valence-electron chi connectivity index (χ2n) is 7.10. The maximum atomic E-state index is 13.4. The third-order valence-corrected chi connectivity index (χ3v) is 5.03. The molecular weight excluding hydrogens is 365 g/mol. The van der Waals surface area contributed by atoms with E-state index in [9.17, 15) is 14.0 Å². The first-order chi connectivity index (χ1) is 13.5. The molecule has 28 heavy (non-hydrogen) atoms. The number of fused-ring (bicyclic) bond motifs is 1. The van der Waals surface area contributed by atoms with Gasteiger partial charge < -0.3 is 9.84 Å². The number of halogens is 1. The zero-order chi connectivity index (χ0) is 19.7.